The Kier molecular flexibility index (Phi) is 3.55. The molecule has 0 aromatic heterocycles. The molecule has 0 aromatic carbocycles. The van der Waals surface area contributed by atoms with E-state index in [1.165, 1.54) is 44.1 Å². The van der Waals surface area contributed by atoms with E-state index in [9.17, 15) is 4.79 Å². The van der Waals surface area contributed by atoms with Crippen LogP contribution in [-0.4, -0.2) is 12.1 Å². The number of carbonyl (C=O) groups is 1. The average molecular weight is 331 g/mol. The molecule has 24 heavy (non-hydrogen) atoms. The van der Waals surface area contributed by atoms with E-state index in [1.54, 1.807) is 6.92 Å². The first-order chi connectivity index (χ1) is 11.2. The molecule has 134 valence electrons. The van der Waals surface area contributed by atoms with E-state index >= 15 is 0 Å². The lowest BCUT2D eigenvalue weighted by Gasteiger charge is -2.65. The van der Waals surface area contributed by atoms with Crippen LogP contribution in [0.4, 0.5) is 0 Å². The highest BCUT2D eigenvalue weighted by Crippen LogP contribution is 2.72. The van der Waals surface area contributed by atoms with Crippen LogP contribution >= 0.6 is 0 Å². The van der Waals surface area contributed by atoms with Crippen LogP contribution in [-0.2, 0) is 9.53 Å². The normalized spacial score (nSPS) is 49.2. The van der Waals surface area contributed by atoms with Crippen molar-refractivity contribution in [3.63, 3.8) is 0 Å². The molecule has 0 aliphatic heterocycles. The van der Waals surface area contributed by atoms with Gasteiger partial charge in [-0.3, -0.25) is 4.79 Å². The summed E-state index contributed by atoms with van der Waals surface area (Å²) in [6.07, 6.45) is 10.1. The lowest BCUT2D eigenvalue weighted by Crippen LogP contribution is -2.61. The van der Waals surface area contributed by atoms with Crippen LogP contribution in [0, 0.1) is 34.0 Å². The quantitative estimate of drug-likeness (QED) is 0.467. The zero-order chi connectivity index (χ0) is 17.3. The molecule has 4 fully saturated rings. The van der Waals surface area contributed by atoms with Crippen molar-refractivity contribution in [2.45, 2.75) is 85.2 Å². The van der Waals surface area contributed by atoms with Crippen LogP contribution in [0.25, 0.3) is 0 Å². The predicted molar refractivity (Wildman–Crippen MR) is 96.4 cm³/mol. The summed E-state index contributed by atoms with van der Waals surface area (Å²) in [6, 6.07) is 0. The standard InChI is InChI=1S/C22H34O2/c1-14-12-22-13-16(14)7-8-17(22)21(5)10-6-9-20(3,4)18(21)11-19(22)24-15(2)23/h16-19H,1,6-13H2,2-5H3. The molecule has 0 heterocycles. The molecule has 2 bridgehead atoms. The molecule has 1 spiro atoms. The van der Waals surface area contributed by atoms with Gasteiger partial charge in [0.2, 0.25) is 0 Å². The van der Waals surface area contributed by atoms with Crippen molar-refractivity contribution in [1.29, 1.82) is 0 Å². The maximum Gasteiger partial charge on any atom is 0.302 e. The maximum atomic E-state index is 11.9. The maximum absolute atomic E-state index is 11.9. The topological polar surface area (TPSA) is 26.3 Å². The Hall–Kier alpha value is -0.790. The zero-order valence-electron chi connectivity index (χ0n) is 16.0. The fourth-order valence-corrected chi connectivity index (χ4v) is 7.91. The van der Waals surface area contributed by atoms with Crippen LogP contribution in [0.5, 0.6) is 0 Å². The van der Waals surface area contributed by atoms with Crippen molar-refractivity contribution >= 4 is 5.97 Å². The summed E-state index contributed by atoms with van der Waals surface area (Å²) in [6.45, 7) is 13.5. The number of fused-ring (bicyclic) bond motifs is 3. The summed E-state index contributed by atoms with van der Waals surface area (Å²) < 4.78 is 6.04. The van der Waals surface area contributed by atoms with Crippen LogP contribution in [0.2, 0.25) is 0 Å². The van der Waals surface area contributed by atoms with Gasteiger partial charge in [0.25, 0.3) is 0 Å². The summed E-state index contributed by atoms with van der Waals surface area (Å²) in [5, 5.41) is 0. The van der Waals surface area contributed by atoms with E-state index in [1.807, 2.05) is 0 Å². The molecule has 0 radical (unpaired) electrons. The Bertz CT molecular complexity index is 577. The second-order valence-corrected chi connectivity index (χ2v) is 10.3. The third-order valence-corrected chi connectivity index (χ3v) is 8.73. The molecule has 0 amide bonds. The Morgan fingerprint density at radius 3 is 2.62 bits per heavy atom. The van der Waals surface area contributed by atoms with Gasteiger partial charge in [0.15, 0.2) is 0 Å². The van der Waals surface area contributed by atoms with Crippen LogP contribution in [0.15, 0.2) is 12.2 Å². The molecule has 6 unspecified atom stereocenters. The molecule has 0 saturated heterocycles. The fraction of sp³-hybridized carbons (Fsp3) is 0.864. The molecule has 0 N–H and O–H groups in total. The van der Waals surface area contributed by atoms with Gasteiger partial charge < -0.3 is 4.74 Å². The molecular formula is C22H34O2. The van der Waals surface area contributed by atoms with Gasteiger partial charge in [0, 0.05) is 12.3 Å². The molecular weight excluding hydrogens is 296 g/mol. The number of hydrogen-bond donors (Lipinski definition) is 0. The van der Waals surface area contributed by atoms with Gasteiger partial charge in [0.05, 0.1) is 0 Å². The Morgan fingerprint density at radius 1 is 1.17 bits per heavy atom. The van der Waals surface area contributed by atoms with Gasteiger partial charge in [-0.25, -0.2) is 0 Å². The van der Waals surface area contributed by atoms with Crippen molar-refractivity contribution in [2.24, 2.45) is 34.0 Å². The monoisotopic (exact) mass is 330 g/mol. The van der Waals surface area contributed by atoms with Crippen molar-refractivity contribution in [3.8, 4) is 0 Å². The number of esters is 1. The third kappa shape index (κ3) is 2.10. The molecule has 4 saturated carbocycles. The molecule has 2 heteroatoms. The van der Waals surface area contributed by atoms with E-state index in [-0.39, 0.29) is 17.5 Å². The minimum absolute atomic E-state index is 0.0926. The van der Waals surface area contributed by atoms with Crippen molar-refractivity contribution < 1.29 is 9.53 Å². The summed E-state index contributed by atoms with van der Waals surface area (Å²) in [5.74, 6) is 1.95. The SMILES string of the molecule is C=C1CC23CC1CCC2C1(C)CCCC(C)(C)C1CC3OC(C)=O. The van der Waals surface area contributed by atoms with Crippen LogP contribution < -0.4 is 0 Å². The van der Waals surface area contributed by atoms with Crippen molar-refractivity contribution in [3.05, 3.63) is 12.2 Å². The van der Waals surface area contributed by atoms with Gasteiger partial charge in [-0.05, 0) is 73.5 Å². The number of hydrogen-bond acceptors (Lipinski definition) is 2. The first-order valence-corrected chi connectivity index (χ1v) is 10.0. The highest BCUT2D eigenvalue weighted by atomic mass is 16.5. The van der Waals surface area contributed by atoms with Crippen LogP contribution in [0.3, 0.4) is 0 Å². The lowest BCUT2D eigenvalue weighted by atomic mass is 9.40. The molecule has 6 atom stereocenters. The van der Waals surface area contributed by atoms with E-state index in [2.05, 4.69) is 27.4 Å². The summed E-state index contributed by atoms with van der Waals surface area (Å²) in [5.41, 5.74) is 2.39. The number of allylic oxidation sites excluding steroid dienone is 1. The van der Waals surface area contributed by atoms with Crippen LogP contribution in [0.1, 0.15) is 79.1 Å². The first kappa shape index (κ1) is 16.7. The Labute approximate surface area is 147 Å². The zero-order valence-corrected chi connectivity index (χ0v) is 16.0. The minimum Gasteiger partial charge on any atom is -0.462 e. The second kappa shape index (κ2) is 5.11. The highest BCUT2D eigenvalue weighted by Gasteiger charge is 2.67. The number of ether oxygens (including phenoxy) is 1. The van der Waals surface area contributed by atoms with Crippen molar-refractivity contribution in [2.75, 3.05) is 0 Å². The van der Waals surface area contributed by atoms with E-state index in [4.69, 9.17) is 4.74 Å². The lowest BCUT2D eigenvalue weighted by molar-refractivity contribution is -0.212. The smallest absolute Gasteiger partial charge is 0.302 e. The van der Waals surface area contributed by atoms with Gasteiger partial charge in [-0.2, -0.15) is 0 Å². The number of rotatable bonds is 1. The summed E-state index contributed by atoms with van der Waals surface area (Å²) in [4.78, 5) is 11.9. The van der Waals surface area contributed by atoms with E-state index in [0.29, 0.717) is 28.6 Å². The fourth-order valence-electron chi connectivity index (χ4n) is 7.91. The van der Waals surface area contributed by atoms with Gasteiger partial charge in [0.1, 0.15) is 6.10 Å². The third-order valence-electron chi connectivity index (χ3n) is 8.73. The Morgan fingerprint density at radius 2 is 1.92 bits per heavy atom. The van der Waals surface area contributed by atoms with Gasteiger partial charge in [-0.15, -0.1) is 0 Å². The molecule has 4 aliphatic carbocycles. The molecule has 4 rings (SSSR count). The van der Waals surface area contributed by atoms with E-state index < -0.39 is 0 Å². The predicted octanol–water partition coefficient (Wildman–Crippen LogP) is 5.52. The van der Waals surface area contributed by atoms with Crippen molar-refractivity contribution in [1.82, 2.24) is 0 Å². The largest absolute Gasteiger partial charge is 0.462 e. The summed E-state index contributed by atoms with van der Waals surface area (Å²) in [7, 11) is 0. The molecule has 2 nitrogen and oxygen atoms in total. The Balaban J connectivity index is 1.80. The first-order valence-electron chi connectivity index (χ1n) is 10.0. The number of carbonyl (C=O) groups excluding carboxylic acids is 1. The minimum atomic E-state index is -0.0926. The average Bonchev–Trinajstić information content (AvgIpc) is 2.71. The van der Waals surface area contributed by atoms with Gasteiger partial charge in [-0.1, -0.05) is 39.3 Å². The summed E-state index contributed by atoms with van der Waals surface area (Å²) >= 11 is 0. The van der Waals surface area contributed by atoms with Gasteiger partial charge >= 0.3 is 5.97 Å². The molecule has 0 aromatic rings. The van der Waals surface area contributed by atoms with E-state index in [0.717, 1.165) is 12.8 Å². The molecule has 4 aliphatic rings. The second-order valence-electron chi connectivity index (χ2n) is 10.3. The highest BCUT2D eigenvalue weighted by molar-refractivity contribution is 5.66.